The molecule has 486 valence electrons. The van der Waals surface area contributed by atoms with Gasteiger partial charge in [-0.3, -0.25) is 19.4 Å². The molecule has 0 saturated carbocycles. The van der Waals surface area contributed by atoms with Crippen molar-refractivity contribution < 1.29 is 18.8 Å². The predicted molar refractivity (Wildman–Crippen MR) is 367 cm³/mol. The standard InChI is InChI=1S/C28H35N5O.C22H27FN4OS.C22H29N5OS/c1-21(34)33-20-28(24-8-4-5-9-26(24)33)12-16-31(17-13-28)23-10-14-32(15-11-23)27-19-29-18-25(30-27)22-6-2-3-7-22;1-16(28)27-15-22(19-14-17(23)2-3-20(19)27)6-11-25(12-7-22)18-4-9-26(10-5-18)21-24-8-13-29-21;1-16-23-21(29-24-16)26-11-7-18(8-12-26)25-13-9-22(10-14-25)15-27(17(2)28)20-6-4-3-5-19(20)22/h4-6,8-9,18-19,23H,2-3,7,10-17,20H2,1H3;2-3,8,13-14,18H,4-7,9-12,15H2,1H3;3-6,18H,7-15H2,1-2H3. The van der Waals surface area contributed by atoms with E-state index < -0.39 is 0 Å². The fourth-order valence-corrected chi connectivity index (χ4v) is 19.1. The number of rotatable bonds is 7. The van der Waals surface area contributed by atoms with Crippen LogP contribution in [0.5, 0.6) is 0 Å². The predicted octanol–water partition coefficient (Wildman–Crippen LogP) is 11.3. The van der Waals surface area contributed by atoms with Crippen LogP contribution in [0.4, 0.5) is 37.5 Å². The van der Waals surface area contributed by atoms with Gasteiger partial charge in [-0.15, -0.1) is 11.3 Å². The molecule has 6 fully saturated rings. The maximum Gasteiger partial charge on any atom is 0.223 e. The zero-order valence-corrected chi connectivity index (χ0v) is 56.0. The Morgan fingerprint density at radius 2 is 1.01 bits per heavy atom. The molecule has 0 unspecified atom stereocenters. The number of hydrogen-bond donors (Lipinski definition) is 0. The van der Waals surface area contributed by atoms with Crippen molar-refractivity contribution >= 4 is 79.3 Å². The number of fused-ring (bicyclic) bond motifs is 6. The van der Waals surface area contributed by atoms with Crippen LogP contribution in [-0.2, 0) is 30.6 Å². The fraction of sp³-hybridized carbons (Fsp3) is 0.556. The van der Waals surface area contributed by atoms with E-state index in [2.05, 4.69) is 103 Å². The number of para-hydroxylation sites is 2. The second-order valence-corrected chi connectivity index (χ2v) is 29.5. The number of benzene rings is 3. The smallest absolute Gasteiger partial charge is 0.223 e. The number of thiazole rings is 1. The first-order valence-electron chi connectivity index (χ1n) is 34.3. The van der Waals surface area contributed by atoms with Crippen LogP contribution in [0.15, 0.2) is 96.8 Å². The summed E-state index contributed by atoms with van der Waals surface area (Å²) in [6, 6.07) is 23.9. The molecule has 6 saturated heterocycles. The summed E-state index contributed by atoms with van der Waals surface area (Å²) in [5.41, 5.74) is 9.58. The van der Waals surface area contributed by atoms with Gasteiger partial charge in [-0.05, 0) is 195 Å². The molecule has 6 aromatic rings. The van der Waals surface area contributed by atoms with Crippen molar-refractivity contribution in [3.05, 3.63) is 131 Å². The molecule has 3 spiro atoms. The van der Waals surface area contributed by atoms with Crippen molar-refractivity contribution in [2.75, 3.05) is 128 Å². The van der Waals surface area contributed by atoms with Crippen molar-refractivity contribution in [2.45, 2.75) is 158 Å². The molecular weight excluding hydrogens is 1190 g/mol. The first-order valence-corrected chi connectivity index (χ1v) is 35.9. The first-order chi connectivity index (χ1) is 44.7. The lowest BCUT2D eigenvalue weighted by molar-refractivity contribution is -0.117. The lowest BCUT2D eigenvalue weighted by Gasteiger charge is -2.45. The molecule has 10 aliphatic rings. The molecule has 1 aliphatic carbocycles. The van der Waals surface area contributed by atoms with Crippen LogP contribution in [0.3, 0.4) is 0 Å². The maximum absolute atomic E-state index is 14.0. The second-order valence-electron chi connectivity index (χ2n) is 27.9. The number of amides is 3. The molecule has 17 nitrogen and oxygen atoms in total. The third-order valence-electron chi connectivity index (χ3n) is 22.9. The molecule has 3 aromatic heterocycles. The van der Waals surface area contributed by atoms with E-state index >= 15 is 0 Å². The zero-order valence-electron chi connectivity index (χ0n) is 54.4. The molecule has 0 N–H and O–H groups in total. The Labute approximate surface area is 550 Å². The van der Waals surface area contributed by atoms with Gasteiger partial charge < -0.3 is 44.1 Å². The van der Waals surface area contributed by atoms with E-state index in [0.29, 0.717) is 24.7 Å². The fourth-order valence-electron chi connectivity index (χ4n) is 17.6. The number of nitrogens with zero attached hydrogens (tertiary/aromatic N) is 14. The summed E-state index contributed by atoms with van der Waals surface area (Å²) in [5.74, 6) is 2.09. The molecule has 9 aliphatic heterocycles. The highest BCUT2D eigenvalue weighted by Crippen LogP contribution is 2.51. The van der Waals surface area contributed by atoms with Crippen LogP contribution in [0.25, 0.3) is 5.57 Å². The zero-order chi connectivity index (χ0) is 63.1. The van der Waals surface area contributed by atoms with Gasteiger partial charge in [0.1, 0.15) is 17.5 Å². The van der Waals surface area contributed by atoms with E-state index in [0.717, 1.165) is 200 Å². The van der Waals surface area contributed by atoms with E-state index in [4.69, 9.17) is 4.98 Å². The van der Waals surface area contributed by atoms with Crippen molar-refractivity contribution in [3.63, 3.8) is 0 Å². The van der Waals surface area contributed by atoms with Crippen molar-refractivity contribution in [3.8, 4) is 0 Å². The normalized spacial score (nSPS) is 22.5. The van der Waals surface area contributed by atoms with Crippen molar-refractivity contribution in [1.82, 2.24) is 39.0 Å². The van der Waals surface area contributed by atoms with Crippen LogP contribution in [0.2, 0.25) is 0 Å². The number of anilines is 6. The minimum absolute atomic E-state index is 0.0479. The van der Waals surface area contributed by atoms with E-state index in [1.165, 1.54) is 72.8 Å². The summed E-state index contributed by atoms with van der Waals surface area (Å²) in [6.45, 7) is 22.2. The summed E-state index contributed by atoms with van der Waals surface area (Å²) in [6.07, 6.45) is 25.2. The Morgan fingerprint density at radius 3 is 1.46 bits per heavy atom. The van der Waals surface area contributed by atoms with Gasteiger partial charge in [-0.2, -0.15) is 4.37 Å². The highest BCUT2D eigenvalue weighted by atomic mass is 32.1. The molecular formula is C72H91FN14O3S2. The van der Waals surface area contributed by atoms with E-state index in [9.17, 15) is 18.8 Å². The number of hydrogen-bond acceptors (Lipinski definition) is 16. The van der Waals surface area contributed by atoms with E-state index in [1.807, 2.05) is 45.6 Å². The number of likely N-dealkylation sites (tertiary alicyclic amines) is 3. The van der Waals surface area contributed by atoms with Gasteiger partial charge in [-0.25, -0.2) is 19.3 Å². The van der Waals surface area contributed by atoms with E-state index in [-0.39, 0.29) is 39.8 Å². The van der Waals surface area contributed by atoms with Crippen LogP contribution in [-0.4, -0.2) is 173 Å². The Bertz CT molecular complexity index is 3620. The monoisotopic (exact) mass is 1280 g/mol. The van der Waals surface area contributed by atoms with Crippen LogP contribution >= 0.6 is 22.9 Å². The molecule has 12 heterocycles. The molecule has 16 rings (SSSR count). The Hall–Kier alpha value is -6.71. The minimum atomic E-state index is -0.203. The van der Waals surface area contributed by atoms with Crippen LogP contribution < -0.4 is 29.4 Å². The summed E-state index contributed by atoms with van der Waals surface area (Å²) < 4.78 is 18.4. The van der Waals surface area contributed by atoms with E-state index in [1.54, 1.807) is 44.2 Å². The third kappa shape index (κ3) is 12.5. The van der Waals surface area contributed by atoms with Crippen molar-refractivity contribution in [1.29, 1.82) is 0 Å². The van der Waals surface area contributed by atoms with Crippen molar-refractivity contribution in [2.24, 2.45) is 0 Å². The largest absolute Gasteiger partial charge is 0.355 e. The van der Waals surface area contributed by atoms with Gasteiger partial charge in [0.05, 0.1) is 18.1 Å². The molecule has 0 bridgehead atoms. The van der Waals surface area contributed by atoms with Gasteiger partial charge >= 0.3 is 0 Å². The number of carbonyl (C=O) groups is 3. The lowest BCUT2D eigenvalue weighted by Crippen LogP contribution is -2.52. The number of carbonyl (C=O) groups excluding carboxylic acids is 3. The quantitative estimate of drug-likeness (QED) is 0.149. The summed E-state index contributed by atoms with van der Waals surface area (Å²) in [7, 11) is 0. The minimum Gasteiger partial charge on any atom is -0.355 e. The summed E-state index contributed by atoms with van der Waals surface area (Å²) in [4.78, 5) is 76.2. The molecule has 0 radical (unpaired) electrons. The first kappa shape index (κ1) is 62.7. The van der Waals surface area contributed by atoms with Gasteiger partial charge in [0, 0.05) is 154 Å². The molecule has 92 heavy (non-hydrogen) atoms. The highest BCUT2D eigenvalue weighted by Gasteiger charge is 2.50. The number of piperidine rings is 6. The SMILES string of the molecule is CC(=O)N1CC2(CCN(C3CCN(c4cncc(C5=CCCC5)n4)CC3)CC2)c2ccccc21.CC(=O)N1CC2(CCN(C3CCN(c4nc(C)ns4)CC3)CC2)c2ccccc21.CC(=O)N1CC2(CCN(C3CCN(c4nccs4)CC3)CC2)c2cc(F)ccc21. The Balaban J connectivity index is 0.000000120. The maximum atomic E-state index is 14.0. The molecule has 3 aromatic carbocycles. The average Bonchev–Trinajstić information content (AvgIpc) is 1.62. The number of allylic oxidation sites excluding steroid dienone is 2. The number of aromatic nitrogens is 5. The van der Waals surface area contributed by atoms with Gasteiger partial charge in [0.25, 0.3) is 0 Å². The van der Waals surface area contributed by atoms with Gasteiger partial charge in [0.15, 0.2) is 5.13 Å². The molecule has 0 atom stereocenters. The van der Waals surface area contributed by atoms with Crippen LogP contribution in [0.1, 0.15) is 145 Å². The molecule has 20 heteroatoms. The van der Waals surface area contributed by atoms with Crippen LogP contribution in [0, 0.1) is 12.7 Å². The lowest BCUT2D eigenvalue weighted by atomic mass is 9.74. The second kappa shape index (κ2) is 26.6. The van der Waals surface area contributed by atoms with Gasteiger partial charge in [0.2, 0.25) is 22.9 Å². The Morgan fingerprint density at radius 1 is 0.543 bits per heavy atom. The third-order valence-corrected chi connectivity index (χ3v) is 24.6. The number of halogens is 1. The summed E-state index contributed by atoms with van der Waals surface area (Å²) in [5, 5.41) is 4.25. The topological polar surface area (TPSA) is 145 Å². The Kier molecular flexibility index (Phi) is 18.1. The highest BCUT2D eigenvalue weighted by molar-refractivity contribution is 7.13. The van der Waals surface area contributed by atoms with Gasteiger partial charge in [-0.1, -0.05) is 42.5 Å². The average molecular weight is 1280 g/mol. The number of aryl methyl sites for hydroxylation is 1. The molecule has 3 amide bonds. The summed E-state index contributed by atoms with van der Waals surface area (Å²) >= 11 is 3.23.